The molecule has 0 heterocycles. The van der Waals surface area contributed by atoms with E-state index in [2.05, 4.69) is 4.74 Å². The van der Waals surface area contributed by atoms with E-state index < -0.39 is 28.9 Å². The molecule has 0 aliphatic heterocycles. The molecule has 6 heteroatoms. The Kier molecular flexibility index (Phi) is 2.84. The Balaban J connectivity index is 3.57. The Labute approximate surface area is 82.7 Å². The van der Waals surface area contributed by atoms with Crippen LogP contribution in [-0.4, -0.2) is 7.11 Å². The van der Waals surface area contributed by atoms with Crippen LogP contribution < -0.4 is 4.74 Å². The van der Waals surface area contributed by atoms with Crippen LogP contribution in [0.5, 0.6) is 5.75 Å². The smallest absolute Gasteiger partial charge is 0.421 e. The minimum Gasteiger partial charge on any atom is -0.493 e. The summed E-state index contributed by atoms with van der Waals surface area (Å²) in [5.41, 5.74) is -2.05. The van der Waals surface area contributed by atoms with Crippen LogP contribution in [0.25, 0.3) is 0 Å². The first-order valence-corrected chi connectivity index (χ1v) is 3.75. The molecule has 0 fully saturated rings. The minimum atomic E-state index is -4.82. The maximum absolute atomic E-state index is 13.0. The molecule has 0 atom stereocenters. The Morgan fingerprint density at radius 3 is 2.33 bits per heavy atom. The number of ether oxygens (including phenoxy) is 1. The summed E-state index contributed by atoms with van der Waals surface area (Å²) < 4.78 is 54.7. The van der Waals surface area contributed by atoms with Crippen molar-refractivity contribution in [2.45, 2.75) is 6.18 Å². The highest BCUT2D eigenvalue weighted by atomic mass is 19.4. The van der Waals surface area contributed by atoms with Crippen LogP contribution in [0, 0.1) is 17.1 Å². The number of hydrogen-bond acceptors (Lipinski definition) is 2. The van der Waals surface area contributed by atoms with Crippen LogP contribution in [-0.2, 0) is 6.18 Å². The molecule has 0 N–H and O–H groups in total. The standard InChI is InChI=1S/C9H5F4NO/c1-15-8-6(10)3-2-5(4-14)7(8)9(11,12)13/h2-3H,1H3. The van der Waals surface area contributed by atoms with E-state index in [4.69, 9.17) is 5.26 Å². The summed E-state index contributed by atoms with van der Waals surface area (Å²) in [6, 6.07) is 2.86. The van der Waals surface area contributed by atoms with Crippen molar-refractivity contribution in [3.63, 3.8) is 0 Å². The van der Waals surface area contributed by atoms with Crippen molar-refractivity contribution in [2.24, 2.45) is 0 Å². The van der Waals surface area contributed by atoms with Gasteiger partial charge in [0.25, 0.3) is 0 Å². The Bertz CT molecular complexity index is 419. The van der Waals surface area contributed by atoms with E-state index in [1.165, 1.54) is 6.07 Å². The van der Waals surface area contributed by atoms with E-state index in [1.807, 2.05) is 0 Å². The van der Waals surface area contributed by atoms with Crippen LogP contribution in [0.1, 0.15) is 11.1 Å². The first kappa shape index (κ1) is 11.3. The molecule has 2 nitrogen and oxygen atoms in total. The van der Waals surface area contributed by atoms with E-state index in [-0.39, 0.29) is 0 Å². The molecule has 80 valence electrons. The Morgan fingerprint density at radius 1 is 1.33 bits per heavy atom. The summed E-state index contributed by atoms with van der Waals surface area (Å²) in [7, 11) is 0.912. The van der Waals surface area contributed by atoms with E-state index in [9.17, 15) is 17.6 Å². The third kappa shape index (κ3) is 2.01. The van der Waals surface area contributed by atoms with Gasteiger partial charge in [0.2, 0.25) is 0 Å². The summed E-state index contributed by atoms with van der Waals surface area (Å²) in [6.45, 7) is 0. The van der Waals surface area contributed by atoms with Crippen molar-refractivity contribution in [3.05, 3.63) is 29.1 Å². The van der Waals surface area contributed by atoms with E-state index in [0.29, 0.717) is 0 Å². The van der Waals surface area contributed by atoms with Gasteiger partial charge in [0.1, 0.15) is 5.56 Å². The third-order valence-electron chi connectivity index (χ3n) is 1.72. The first-order valence-electron chi connectivity index (χ1n) is 3.75. The first-order chi connectivity index (χ1) is 6.91. The van der Waals surface area contributed by atoms with E-state index in [0.717, 1.165) is 19.2 Å². The number of nitriles is 1. The molecular weight excluding hydrogens is 214 g/mol. The lowest BCUT2D eigenvalue weighted by Gasteiger charge is -2.13. The van der Waals surface area contributed by atoms with Gasteiger partial charge in [-0.15, -0.1) is 0 Å². The highest BCUT2D eigenvalue weighted by Crippen LogP contribution is 2.39. The number of nitrogens with zero attached hydrogens (tertiary/aromatic N) is 1. The van der Waals surface area contributed by atoms with Crippen LogP contribution in [0.15, 0.2) is 12.1 Å². The van der Waals surface area contributed by atoms with Crippen molar-refractivity contribution in [2.75, 3.05) is 7.11 Å². The fraction of sp³-hybridized carbons (Fsp3) is 0.222. The van der Waals surface area contributed by atoms with Gasteiger partial charge >= 0.3 is 6.18 Å². The Hall–Kier alpha value is -1.77. The van der Waals surface area contributed by atoms with Crippen molar-refractivity contribution < 1.29 is 22.3 Å². The summed E-state index contributed by atoms with van der Waals surface area (Å²) in [4.78, 5) is 0. The fourth-order valence-electron chi connectivity index (χ4n) is 1.13. The zero-order chi connectivity index (χ0) is 11.6. The number of halogens is 4. The lowest BCUT2D eigenvalue weighted by molar-refractivity contribution is -0.139. The molecule has 15 heavy (non-hydrogen) atoms. The van der Waals surface area contributed by atoms with Crippen molar-refractivity contribution in [1.82, 2.24) is 0 Å². The van der Waals surface area contributed by atoms with Crippen molar-refractivity contribution in [1.29, 1.82) is 5.26 Å². The van der Waals surface area contributed by atoms with Gasteiger partial charge in [0.15, 0.2) is 11.6 Å². The number of rotatable bonds is 1. The molecule has 1 aromatic rings. The van der Waals surface area contributed by atoms with Gasteiger partial charge in [-0.2, -0.15) is 18.4 Å². The zero-order valence-corrected chi connectivity index (χ0v) is 7.52. The van der Waals surface area contributed by atoms with Crippen molar-refractivity contribution >= 4 is 0 Å². The van der Waals surface area contributed by atoms with Gasteiger partial charge in [0, 0.05) is 0 Å². The quantitative estimate of drug-likeness (QED) is 0.680. The topological polar surface area (TPSA) is 33.0 Å². The predicted octanol–water partition coefficient (Wildman–Crippen LogP) is 2.72. The molecule has 0 saturated heterocycles. The maximum Gasteiger partial charge on any atom is 0.421 e. The SMILES string of the molecule is COc1c(F)ccc(C#N)c1C(F)(F)F. The van der Waals surface area contributed by atoms with E-state index >= 15 is 0 Å². The Morgan fingerprint density at radius 2 is 1.93 bits per heavy atom. The number of alkyl halides is 3. The molecule has 0 unspecified atom stereocenters. The molecule has 0 saturated carbocycles. The van der Waals surface area contributed by atoms with Crippen LogP contribution >= 0.6 is 0 Å². The molecule has 1 aromatic carbocycles. The molecule has 0 bridgehead atoms. The zero-order valence-electron chi connectivity index (χ0n) is 7.52. The van der Waals surface area contributed by atoms with Crippen LogP contribution in [0.4, 0.5) is 17.6 Å². The third-order valence-corrected chi connectivity index (χ3v) is 1.72. The minimum absolute atomic E-state index is 0.666. The highest BCUT2D eigenvalue weighted by molar-refractivity contribution is 5.49. The van der Waals surface area contributed by atoms with Gasteiger partial charge < -0.3 is 4.74 Å². The summed E-state index contributed by atoms with van der Waals surface area (Å²) in [5, 5.41) is 8.46. The second-order valence-electron chi connectivity index (χ2n) is 2.61. The maximum atomic E-state index is 13.0. The predicted molar refractivity (Wildman–Crippen MR) is 42.7 cm³/mol. The van der Waals surface area contributed by atoms with E-state index in [1.54, 1.807) is 0 Å². The number of methoxy groups -OCH3 is 1. The van der Waals surface area contributed by atoms with Gasteiger partial charge in [-0.05, 0) is 12.1 Å². The molecule has 0 radical (unpaired) electrons. The molecule has 1 rings (SSSR count). The fourth-order valence-corrected chi connectivity index (χ4v) is 1.13. The molecule has 0 amide bonds. The lowest BCUT2D eigenvalue weighted by Crippen LogP contribution is -2.11. The summed E-state index contributed by atoms with van der Waals surface area (Å²) in [5.74, 6) is -2.11. The highest BCUT2D eigenvalue weighted by Gasteiger charge is 2.38. The molecule has 0 spiro atoms. The average Bonchev–Trinajstić information content (AvgIpc) is 2.15. The molecule has 0 aliphatic rings. The number of benzene rings is 1. The molecular formula is C9H5F4NO. The monoisotopic (exact) mass is 219 g/mol. The van der Waals surface area contributed by atoms with Gasteiger partial charge in [-0.3, -0.25) is 0 Å². The van der Waals surface area contributed by atoms with Gasteiger partial charge in [-0.1, -0.05) is 0 Å². The normalized spacial score (nSPS) is 10.9. The second-order valence-corrected chi connectivity index (χ2v) is 2.61. The molecule has 0 aromatic heterocycles. The van der Waals surface area contributed by atoms with Crippen LogP contribution in [0.3, 0.4) is 0 Å². The summed E-state index contributed by atoms with van der Waals surface area (Å²) >= 11 is 0. The molecule has 0 aliphatic carbocycles. The second kappa shape index (κ2) is 3.77. The van der Waals surface area contributed by atoms with Crippen molar-refractivity contribution in [3.8, 4) is 11.8 Å². The largest absolute Gasteiger partial charge is 0.493 e. The van der Waals surface area contributed by atoms with Crippen LogP contribution in [0.2, 0.25) is 0 Å². The lowest BCUT2D eigenvalue weighted by atomic mass is 10.1. The average molecular weight is 219 g/mol. The van der Waals surface area contributed by atoms with Gasteiger partial charge in [-0.25, -0.2) is 4.39 Å². The summed E-state index contributed by atoms with van der Waals surface area (Å²) in [6.07, 6.45) is -4.82. The van der Waals surface area contributed by atoms with Gasteiger partial charge in [0.05, 0.1) is 18.7 Å². The number of hydrogen-bond donors (Lipinski definition) is 0.